The average molecular weight is 288 g/mol. The van der Waals surface area contributed by atoms with Crippen molar-refractivity contribution in [1.82, 2.24) is 9.55 Å². The molecule has 0 aliphatic rings. The number of aromatic carboxylic acids is 1. The maximum atomic E-state index is 11.5. The van der Waals surface area contributed by atoms with Gasteiger partial charge in [0.1, 0.15) is 11.3 Å². The van der Waals surface area contributed by atoms with Gasteiger partial charge >= 0.3 is 5.97 Å². The van der Waals surface area contributed by atoms with Gasteiger partial charge < -0.3 is 9.67 Å². The van der Waals surface area contributed by atoms with E-state index in [9.17, 15) is 9.90 Å². The van der Waals surface area contributed by atoms with Crippen molar-refractivity contribution >= 4 is 17.0 Å². The normalized spacial score (nSPS) is 12.9. The fourth-order valence-electron chi connectivity index (χ4n) is 2.55. The third-order valence-electron chi connectivity index (χ3n) is 4.06. The summed E-state index contributed by atoms with van der Waals surface area (Å²) in [5, 5.41) is 9.40. The molecule has 0 spiro atoms. The second-order valence-corrected chi connectivity index (χ2v) is 7.17. The summed E-state index contributed by atoms with van der Waals surface area (Å²) >= 11 is 0. The van der Waals surface area contributed by atoms with Crippen LogP contribution in [0, 0.1) is 0 Å². The van der Waals surface area contributed by atoms with Crippen LogP contribution >= 0.6 is 0 Å². The predicted octanol–water partition coefficient (Wildman–Crippen LogP) is 4.18. The molecule has 1 N–H and O–H groups in total. The first-order valence-electron chi connectivity index (χ1n) is 7.35. The fourth-order valence-corrected chi connectivity index (χ4v) is 2.55. The lowest BCUT2D eigenvalue weighted by atomic mass is 9.92. The molecular weight excluding hydrogens is 264 g/mol. The van der Waals surface area contributed by atoms with Gasteiger partial charge in [-0.25, -0.2) is 9.78 Å². The fraction of sp³-hybridized carbons (Fsp3) is 0.529. The maximum absolute atomic E-state index is 11.5. The maximum Gasteiger partial charge on any atom is 0.337 e. The Bertz CT molecular complexity index is 691. The molecule has 0 aliphatic carbocycles. The van der Waals surface area contributed by atoms with Crippen LogP contribution in [0.3, 0.4) is 0 Å². The van der Waals surface area contributed by atoms with E-state index in [1.807, 2.05) is 6.07 Å². The number of imidazole rings is 1. The third kappa shape index (κ3) is 2.55. The van der Waals surface area contributed by atoms with Crippen LogP contribution in [0.25, 0.3) is 11.0 Å². The summed E-state index contributed by atoms with van der Waals surface area (Å²) in [6.07, 6.45) is 0.943. The molecule has 0 amide bonds. The van der Waals surface area contributed by atoms with E-state index in [2.05, 4.69) is 46.1 Å². The molecular formula is C17H24N2O2. The molecule has 0 aliphatic heterocycles. The van der Waals surface area contributed by atoms with Crippen molar-refractivity contribution in [3.63, 3.8) is 0 Å². The van der Waals surface area contributed by atoms with Crippen LogP contribution in [-0.4, -0.2) is 20.6 Å². The Morgan fingerprint density at radius 1 is 1.24 bits per heavy atom. The minimum Gasteiger partial charge on any atom is -0.478 e. The smallest absolute Gasteiger partial charge is 0.337 e. The van der Waals surface area contributed by atoms with E-state index >= 15 is 0 Å². The first kappa shape index (κ1) is 15.5. The monoisotopic (exact) mass is 288 g/mol. The largest absolute Gasteiger partial charge is 0.478 e. The van der Waals surface area contributed by atoms with Crippen LogP contribution in [-0.2, 0) is 11.0 Å². The molecule has 1 aromatic carbocycles. The van der Waals surface area contributed by atoms with E-state index in [-0.39, 0.29) is 16.5 Å². The van der Waals surface area contributed by atoms with Gasteiger partial charge in [0.15, 0.2) is 0 Å². The van der Waals surface area contributed by atoms with E-state index in [4.69, 9.17) is 4.98 Å². The number of hydrogen-bond donors (Lipinski definition) is 1. The number of para-hydroxylation sites is 1. The Morgan fingerprint density at radius 2 is 1.86 bits per heavy atom. The number of nitrogens with zero attached hydrogens (tertiary/aromatic N) is 2. The molecule has 2 aromatic rings. The van der Waals surface area contributed by atoms with Gasteiger partial charge in [-0.3, -0.25) is 0 Å². The lowest BCUT2D eigenvalue weighted by molar-refractivity contribution is 0.0699. The zero-order chi connectivity index (χ0) is 16.0. The van der Waals surface area contributed by atoms with Crippen molar-refractivity contribution in [3.05, 3.63) is 29.6 Å². The minimum absolute atomic E-state index is 0.117. The number of rotatable bonds is 3. The lowest BCUT2D eigenvalue weighted by Gasteiger charge is -2.32. The van der Waals surface area contributed by atoms with E-state index in [1.54, 1.807) is 12.1 Å². The van der Waals surface area contributed by atoms with Gasteiger partial charge in [0, 0.05) is 11.0 Å². The zero-order valence-electron chi connectivity index (χ0n) is 13.7. The molecule has 0 saturated carbocycles. The van der Waals surface area contributed by atoms with Gasteiger partial charge in [-0.2, -0.15) is 0 Å². The molecule has 0 radical (unpaired) electrons. The van der Waals surface area contributed by atoms with Gasteiger partial charge in [-0.05, 0) is 32.4 Å². The highest BCUT2D eigenvalue weighted by molar-refractivity contribution is 6.01. The highest BCUT2D eigenvalue weighted by Gasteiger charge is 2.31. The third-order valence-corrected chi connectivity index (χ3v) is 4.06. The van der Waals surface area contributed by atoms with Crippen molar-refractivity contribution in [2.24, 2.45) is 0 Å². The van der Waals surface area contributed by atoms with Gasteiger partial charge in [0.25, 0.3) is 0 Å². The van der Waals surface area contributed by atoms with Crippen LogP contribution in [0.1, 0.15) is 64.1 Å². The first-order chi connectivity index (χ1) is 9.59. The highest BCUT2D eigenvalue weighted by atomic mass is 16.4. The van der Waals surface area contributed by atoms with Crippen LogP contribution in [0.4, 0.5) is 0 Å². The zero-order valence-corrected chi connectivity index (χ0v) is 13.7. The molecule has 21 heavy (non-hydrogen) atoms. The number of benzene rings is 1. The molecule has 2 rings (SSSR count). The van der Waals surface area contributed by atoms with Crippen LogP contribution < -0.4 is 0 Å². The van der Waals surface area contributed by atoms with Gasteiger partial charge in [0.05, 0.1) is 11.1 Å². The summed E-state index contributed by atoms with van der Waals surface area (Å²) in [6, 6.07) is 5.37. The van der Waals surface area contributed by atoms with Crippen LogP contribution in [0.5, 0.6) is 0 Å². The summed E-state index contributed by atoms with van der Waals surface area (Å²) in [5.41, 5.74) is 1.47. The summed E-state index contributed by atoms with van der Waals surface area (Å²) in [6.45, 7) is 12.8. The molecule has 1 aromatic heterocycles. The SMILES string of the molecule is CCC(C)(C)n1c(C(C)(C)C)nc2c(C(=O)O)cccc21. The van der Waals surface area contributed by atoms with Crippen LogP contribution in [0.2, 0.25) is 0 Å². The number of fused-ring (bicyclic) bond motifs is 1. The second-order valence-electron chi connectivity index (χ2n) is 7.17. The number of carboxylic acids is 1. The quantitative estimate of drug-likeness (QED) is 0.922. The molecule has 1 heterocycles. The molecule has 4 heteroatoms. The summed E-state index contributed by atoms with van der Waals surface area (Å²) in [4.78, 5) is 16.2. The molecule has 0 fully saturated rings. The summed E-state index contributed by atoms with van der Waals surface area (Å²) in [7, 11) is 0. The molecule has 4 nitrogen and oxygen atoms in total. The van der Waals surface area contributed by atoms with E-state index in [0.29, 0.717) is 5.52 Å². The van der Waals surface area contributed by atoms with E-state index in [1.165, 1.54) is 0 Å². The first-order valence-corrected chi connectivity index (χ1v) is 7.35. The number of carboxylic acid groups (broad SMARTS) is 1. The minimum atomic E-state index is -0.931. The lowest BCUT2D eigenvalue weighted by Crippen LogP contribution is -2.31. The molecule has 114 valence electrons. The number of hydrogen-bond acceptors (Lipinski definition) is 2. The van der Waals surface area contributed by atoms with Crippen molar-refractivity contribution in [3.8, 4) is 0 Å². The number of aromatic nitrogens is 2. The molecule has 0 atom stereocenters. The van der Waals surface area contributed by atoms with Gasteiger partial charge in [-0.1, -0.05) is 33.8 Å². The van der Waals surface area contributed by atoms with E-state index in [0.717, 1.165) is 17.8 Å². The van der Waals surface area contributed by atoms with Crippen LogP contribution in [0.15, 0.2) is 18.2 Å². The van der Waals surface area contributed by atoms with Gasteiger partial charge in [0.2, 0.25) is 0 Å². The molecule has 0 bridgehead atoms. The number of carbonyl (C=O) groups is 1. The Labute approximate surface area is 125 Å². The Kier molecular flexibility index (Phi) is 3.60. The standard InChI is InChI=1S/C17H24N2O2/c1-7-17(5,6)19-12-10-8-9-11(14(20)21)13(12)18-15(19)16(2,3)4/h8-10H,7H2,1-6H3,(H,20,21). The van der Waals surface area contributed by atoms with Crippen molar-refractivity contribution < 1.29 is 9.90 Å². The second kappa shape index (κ2) is 4.86. The van der Waals surface area contributed by atoms with Crippen molar-refractivity contribution in [2.45, 2.75) is 58.9 Å². The molecule has 0 unspecified atom stereocenters. The summed E-state index contributed by atoms with van der Waals surface area (Å²) in [5.74, 6) is -0.00179. The summed E-state index contributed by atoms with van der Waals surface area (Å²) < 4.78 is 2.20. The Morgan fingerprint density at radius 3 is 2.33 bits per heavy atom. The van der Waals surface area contributed by atoms with E-state index < -0.39 is 5.97 Å². The highest BCUT2D eigenvalue weighted by Crippen LogP contribution is 2.34. The Balaban J connectivity index is 2.93. The topological polar surface area (TPSA) is 55.1 Å². The molecule has 0 saturated heterocycles. The van der Waals surface area contributed by atoms with Crippen molar-refractivity contribution in [2.75, 3.05) is 0 Å². The Hall–Kier alpha value is -1.84. The average Bonchev–Trinajstić information content (AvgIpc) is 2.78. The predicted molar refractivity (Wildman–Crippen MR) is 85.0 cm³/mol. The van der Waals surface area contributed by atoms with Gasteiger partial charge in [-0.15, -0.1) is 0 Å². The van der Waals surface area contributed by atoms with Crippen molar-refractivity contribution in [1.29, 1.82) is 0 Å².